The molecule has 2 rings (SSSR count). The Labute approximate surface area is 117 Å². The first-order valence-corrected chi connectivity index (χ1v) is 6.20. The number of benzene rings is 2. The molecule has 0 aliphatic carbocycles. The summed E-state index contributed by atoms with van der Waals surface area (Å²) in [5.41, 5.74) is -0.599. The van der Waals surface area contributed by atoms with Gasteiger partial charge >= 0.3 is 0 Å². The quantitative estimate of drug-likeness (QED) is 0.581. The third-order valence-electron chi connectivity index (χ3n) is 2.35. The third-order valence-corrected chi connectivity index (χ3v) is 3.47. The van der Waals surface area contributed by atoms with Crippen LogP contribution in [-0.2, 0) is 0 Å². The summed E-state index contributed by atoms with van der Waals surface area (Å²) in [7, 11) is 0. The Hall–Kier alpha value is -1.54. The average Bonchev–Trinajstić information content (AvgIpc) is 2.27. The summed E-state index contributed by atoms with van der Waals surface area (Å²) in [4.78, 5) is 20.4. The number of nitro groups is 2. The van der Waals surface area contributed by atoms with E-state index in [1.165, 1.54) is 6.07 Å². The molecule has 6 nitrogen and oxygen atoms in total. The molecule has 0 aromatic heterocycles. The molecule has 8 heteroatoms. The van der Waals surface area contributed by atoms with Gasteiger partial charge in [-0.1, -0.05) is 31.9 Å². The van der Waals surface area contributed by atoms with Crippen LogP contribution in [0.2, 0.25) is 0 Å². The van der Waals surface area contributed by atoms with E-state index >= 15 is 0 Å². The fourth-order valence-corrected chi connectivity index (χ4v) is 2.95. The number of hydrogen-bond donors (Lipinski definition) is 0. The highest BCUT2D eigenvalue weighted by atomic mass is 79.9. The van der Waals surface area contributed by atoms with E-state index in [-0.39, 0.29) is 11.4 Å². The van der Waals surface area contributed by atoms with Gasteiger partial charge < -0.3 is 0 Å². The minimum absolute atomic E-state index is 0.291. The number of hydrogen-bond acceptors (Lipinski definition) is 4. The van der Waals surface area contributed by atoms with Crippen LogP contribution in [0.15, 0.2) is 33.2 Å². The van der Waals surface area contributed by atoms with Gasteiger partial charge in [-0.25, -0.2) is 0 Å². The Kier molecular flexibility index (Phi) is 3.31. The van der Waals surface area contributed by atoms with Gasteiger partial charge in [0.2, 0.25) is 0 Å². The van der Waals surface area contributed by atoms with E-state index in [1.54, 1.807) is 12.1 Å². The minimum Gasteiger partial charge on any atom is -0.258 e. The minimum atomic E-state index is -0.652. The number of non-ortho nitro benzene ring substituents is 2. The van der Waals surface area contributed by atoms with Gasteiger partial charge in [-0.3, -0.25) is 20.2 Å². The number of nitro benzene ring substituents is 2. The SMILES string of the molecule is O=[N+]([O-])c1cc([N+](=O)[O-])c2cc(Br)cc(Br)c2c1. The smallest absolute Gasteiger partial charge is 0.258 e. The molecule has 0 spiro atoms. The number of halogens is 2. The Morgan fingerprint density at radius 1 is 0.889 bits per heavy atom. The van der Waals surface area contributed by atoms with Crippen LogP contribution in [0.5, 0.6) is 0 Å². The van der Waals surface area contributed by atoms with Crippen LogP contribution in [0.1, 0.15) is 0 Å². The van der Waals surface area contributed by atoms with E-state index in [0.717, 1.165) is 6.07 Å². The van der Waals surface area contributed by atoms with Crippen LogP contribution in [0, 0.1) is 20.2 Å². The van der Waals surface area contributed by atoms with Gasteiger partial charge in [0, 0.05) is 20.4 Å². The first-order valence-electron chi connectivity index (χ1n) is 4.61. The maximum Gasteiger partial charge on any atom is 0.284 e. The zero-order valence-electron chi connectivity index (χ0n) is 8.59. The van der Waals surface area contributed by atoms with Crippen molar-refractivity contribution < 1.29 is 9.85 Å². The molecule has 2 aromatic carbocycles. The molecule has 0 saturated carbocycles. The van der Waals surface area contributed by atoms with Crippen LogP contribution < -0.4 is 0 Å². The fraction of sp³-hybridized carbons (Fsp3) is 0. The number of rotatable bonds is 2. The molecule has 0 aliphatic rings. The van der Waals surface area contributed by atoms with E-state index in [9.17, 15) is 20.2 Å². The number of nitrogens with zero attached hydrogens (tertiary/aromatic N) is 2. The van der Waals surface area contributed by atoms with Gasteiger partial charge in [0.05, 0.1) is 21.3 Å². The topological polar surface area (TPSA) is 86.3 Å². The van der Waals surface area contributed by atoms with Crippen molar-refractivity contribution >= 4 is 54.0 Å². The highest BCUT2D eigenvalue weighted by Gasteiger charge is 2.20. The summed E-state index contributed by atoms with van der Waals surface area (Å²) in [6.07, 6.45) is 0. The van der Waals surface area contributed by atoms with Gasteiger partial charge in [0.15, 0.2) is 0 Å². The van der Waals surface area contributed by atoms with Gasteiger partial charge in [-0.2, -0.15) is 0 Å². The molecule has 0 N–H and O–H groups in total. The lowest BCUT2D eigenvalue weighted by atomic mass is 10.1. The summed E-state index contributed by atoms with van der Waals surface area (Å²) in [6, 6.07) is 5.50. The predicted octanol–water partition coefficient (Wildman–Crippen LogP) is 4.18. The monoisotopic (exact) mass is 374 g/mol. The Balaban J connectivity index is 2.94. The Bertz CT molecular complexity index is 687. The van der Waals surface area contributed by atoms with E-state index in [1.807, 2.05) is 0 Å². The molecule has 0 aliphatic heterocycles. The molecule has 0 amide bonds. The summed E-state index contributed by atoms with van der Waals surface area (Å²) < 4.78 is 1.21. The Morgan fingerprint density at radius 2 is 1.56 bits per heavy atom. The highest BCUT2D eigenvalue weighted by Crippen LogP contribution is 2.37. The lowest BCUT2D eigenvalue weighted by Gasteiger charge is -2.03. The highest BCUT2D eigenvalue weighted by molar-refractivity contribution is 9.11. The van der Waals surface area contributed by atoms with Crippen LogP contribution >= 0.6 is 31.9 Å². The average molecular weight is 376 g/mol. The third kappa shape index (κ3) is 2.21. The second-order valence-corrected chi connectivity index (χ2v) is 5.23. The first kappa shape index (κ1) is 12.9. The van der Waals surface area contributed by atoms with Gasteiger partial charge in [0.25, 0.3) is 11.4 Å². The van der Waals surface area contributed by atoms with Crippen molar-refractivity contribution in [3.63, 3.8) is 0 Å². The standard InChI is InChI=1S/C10H4Br2N2O4/c11-5-1-8-7(9(12)2-5)3-6(13(15)16)4-10(8)14(17)18/h1-4H. The zero-order chi connectivity index (χ0) is 13.4. The van der Waals surface area contributed by atoms with Crippen molar-refractivity contribution in [3.05, 3.63) is 53.4 Å². The number of fused-ring (bicyclic) bond motifs is 1. The molecule has 92 valence electrons. The van der Waals surface area contributed by atoms with E-state index in [4.69, 9.17) is 0 Å². The lowest BCUT2D eigenvalue weighted by molar-refractivity contribution is -0.393. The normalized spacial score (nSPS) is 10.6. The van der Waals surface area contributed by atoms with Crippen LogP contribution in [0.4, 0.5) is 11.4 Å². The molecule has 0 bridgehead atoms. The van der Waals surface area contributed by atoms with Crippen molar-refractivity contribution in [1.29, 1.82) is 0 Å². The van der Waals surface area contributed by atoms with Crippen molar-refractivity contribution in [2.24, 2.45) is 0 Å². The molecule has 0 unspecified atom stereocenters. The molecule has 0 saturated heterocycles. The zero-order valence-corrected chi connectivity index (χ0v) is 11.8. The van der Waals surface area contributed by atoms with Gasteiger partial charge in [-0.15, -0.1) is 0 Å². The van der Waals surface area contributed by atoms with Crippen molar-refractivity contribution in [2.75, 3.05) is 0 Å². The largest absolute Gasteiger partial charge is 0.284 e. The second kappa shape index (κ2) is 4.62. The second-order valence-electron chi connectivity index (χ2n) is 3.46. The van der Waals surface area contributed by atoms with E-state index in [2.05, 4.69) is 31.9 Å². The van der Waals surface area contributed by atoms with Gasteiger partial charge in [-0.05, 0) is 12.1 Å². The van der Waals surface area contributed by atoms with Crippen LogP contribution in [0.25, 0.3) is 10.8 Å². The molecular weight excluding hydrogens is 372 g/mol. The fourth-order valence-electron chi connectivity index (χ4n) is 1.61. The molecule has 0 fully saturated rings. The molecule has 0 heterocycles. The summed E-state index contributed by atoms with van der Waals surface area (Å²) >= 11 is 6.47. The summed E-state index contributed by atoms with van der Waals surface area (Å²) in [5.74, 6) is 0. The van der Waals surface area contributed by atoms with Crippen molar-refractivity contribution in [3.8, 4) is 0 Å². The van der Waals surface area contributed by atoms with Crippen LogP contribution in [-0.4, -0.2) is 9.85 Å². The Morgan fingerprint density at radius 3 is 2.11 bits per heavy atom. The van der Waals surface area contributed by atoms with Crippen molar-refractivity contribution in [1.82, 2.24) is 0 Å². The lowest BCUT2D eigenvalue weighted by Crippen LogP contribution is -1.94. The molecule has 0 radical (unpaired) electrons. The van der Waals surface area contributed by atoms with Crippen LogP contribution in [0.3, 0.4) is 0 Å². The maximum absolute atomic E-state index is 11.0. The first-order chi connectivity index (χ1) is 8.40. The van der Waals surface area contributed by atoms with E-state index in [0.29, 0.717) is 19.7 Å². The summed E-state index contributed by atoms with van der Waals surface area (Å²) in [6.45, 7) is 0. The molecule has 2 aromatic rings. The summed E-state index contributed by atoms with van der Waals surface area (Å²) in [5, 5.41) is 22.5. The van der Waals surface area contributed by atoms with E-state index < -0.39 is 9.85 Å². The predicted molar refractivity (Wildman–Crippen MR) is 72.7 cm³/mol. The maximum atomic E-state index is 11.0. The van der Waals surface area contributed by atoms with Gasteiger partial charge in [0.1, 0.15) is 0 Å². The molecule has 18 heavy (non-hydrogen) atoms. The molecular formula is C10H4Br2N2O4. The van der Waals surface area contributed by atoms with Crippen molar-refractivity contribution in [2.45, 2.75) is 0 Å². The molecule has 0 atom stereocenters.